The van der Waals surface area contributed by atoms with E-state index in [-0.39, 0.29) is 11.9 Å². The summed E-state index contributed by atoms with van der Waals surface area (Å²) >= 11 is 2.99. The molecule has 2 aromatic rings. The second-order valence-corrected chi connectivity index (χ2v) is 7.37. The zero-order valence-corrected chi connectivity index (χ0v) is 14.7. The van der Waals surface area contributed by atoms with Crippen LogP contribution in [0.1, 0.15) is 34.4 Å². The number of piperidine rings is 1. The number of likely N-dealkylation sites (tertiary alicyclic amines) is 1. The fourth-order valence-corrected chi connectivity index (χ4v) is 3.99. The second-order valence-electron chi connectivity index (χ2n) is 5.40. The molecule has 8 heteroatoms. The lowest BCUT2D eigenvalue weighted by Crippen LogP contribution is -2.44. The first-order valence-corrected chi connectivity index (χ1v) is 9.46. The number of nitrogens with zero attached hydrogens (tertiary/aromatic N) is 3. The first-order valence-electron chi connectivity index (χ1n) is 7.76. The van der Waals surface area contributed by atoms with Gasteiger partial charge in [0.15, 0.2) is 0 Å². The van der Waals surface area contributed by atoms with Crippen molar-refractivity contribution in [3.05, 3.63) is 27.4 Å². The SMILES string of the molecule is CCOc1nnc(CN2CCC(NC(=O)c3cccs3)CC2)s1. The van der Waals surface area contributed by atoms with Crippen molar-refractivity contribution in [2.75, 3.05) is 19.7 Å². The Hall–Kier alpha value is -1.51. The number of ether oxygens (including phenoxy) is 1. The van der Waals surface area contributed by atoms with E-state index in [0.29, 0.717) is 11.8 Å². The molecule has 1 saturated heterocycles. The van der Waals surface area contributed by atoms with Crippen LogP contribution in [0.5, 0.6) is 5.19 Å². The number of thiophene rings is 1. The molecule has 0 aromatic carbocycles. The molecule has 124 valence electrons. The molecular formula is C15H20N4O2S2. The van der Waals surface area contributed by atoms with E-state index < -0.39 is 0 Å². The van der Waals surface area contributed by atoms with Crippen LogP contribution in [0.15, 0.2) is 17.5 Å². The van der Waals surface area contributed by atoms with Gasteiger partial charge in [0.25, 0.3) is 11.1 Å². The van der Waals surface area contributed by atoms with Gasteiger partial charge in [0.1, 0.15) is 5.01 Å². The minimum Gasteiger partial charge on any atom is -0.469 e. The van der Waals surface area contributed by atoms with Crippen LogP contribution < -0.4 is 10.1 Å². The van der Waals surface area contributed by atoms with Crippen LogP contribution in [0.4, 0.5) is 0 Å². The van der Waals surface area contributed by atoms with Crippen LogP contribution in [0.25, 0.3) is 0 Å². The molecule has 1 N–H and O–H groups in total. The van der Waals surface area contributed by atoms with E-state index in [9.17, 15) is 4.79 Å². The monoisotopic (exact) mass is 352 g/mol. The van der Waals surface area contributed by atoms with E-state index in [1.54, 1.807) is 0 Å². The summed E-state index contributed by atoms with van der Waals surface area (Å²) in [6.07, 6.45) is 1.93. The summed E-state index contributed by atoms with van der Waals surface area (Å²) in [6, 6.07) is 4.02. The lowest BCUT2D eigenvalue weighted by atomic mass is 10.1. The normalized spacial score (nSPS) is 16.4. The Morgan fingerprint density at radius 2 is 2.26 bits per heavy atom. The molecule has 1 aliphatic rings. The van der Waals surface area contributed by atoms with Crippen molar-refractivity contribution in [3.8, 4) is 5.19 Å². The Kier molecular flexibility index (Phi) is 5.58. The highest BCUT2D eigenvalue weighted by Gasteiger charge is 2.22. The number of rotatable bonds is 6. The lowest BCUT2D eigenvalue weighted by Gasteiger charge is -2.31. The average molecular weight is 352 g/mol. The van der Waals surface area contributed by atoms with Gasteiger partial charge in [-0.05, 0) is 31.2 Å². The first kappa shape index (κ1) is 16.4. The van der Waals surface area contributed by atoms with E-state index in [4.69, 9.17) is 4.74 Å². The molecule has 23 heavy (non-hydrogen) atoms. The second kappa shape index (κ2) is 7.85. The molecule has 3 rings (SSSR count). The van der Waals surface area contributed by atoms with Gasteiger partial charge in [0.2, 0.25) is 0 Å². The van der Waals surface area contributed by atoms with Crippen LogP contribution in [0.3, 0.4) is 0 Å². The molecule has 0 aliphatic carbocycles. The Labute approximate surface area is 143 Å². The maximum absolute atomic E-state index is 12.1. The van der Waals surface area contributed by atoms with Gasteiger partial charge in [0, 0.05) is 19.1 Å². The van der Waals surface area contributed by atoms with Crippen LogP contribution in [0.2, 0.25) is 0 Å². The van der Waals surface area contributed by atoms with Gasteiger partial charge < -0.3 is 10.1 Å². The van der Waals surface area contributed by atoms with Gasteiger partial charge in [-0.3, -0.25) is 9.69 Å². The summed E-state index contributed by atoms with van der Waals surface area (Å²) in [4.78, 5) is 15.2. The van der Waals surface area contributed by atoms with Gasteiger partial charge in [-0.25, -0.2) is 0 Å². The minimum absolute atomic E-state index is 0.0453. The van der Waals surface area contributed by atoms with Crippen molar-refractivity contribution in [2.24, 2.45) is 0 Å². The number of carbonyl (C=O) groups excluding carboxylic acids is 1. The summed E-state index contributed by atoms with van der Waals surface area (Å²) < 4.78 is 5.35. The van der Waals surface area contributed by atoms with E-state index in [0.717, 1.165) is 42.4 Å². The third kappa shape index (κ3) is 4.49. The van der Waals surface area contributed by atoms with Gasteiger partial charge in [0.05, 0.1) is 18.0 Å². The summed E-state index contributed by atoms with van der Waals surface area (Å²) in [5.74, 6) is 0.0453. The van der Waals surface area contributed by atoms with E-state index in [2.05, 4.69) is 20.4 Å². The van der Waals surface area contributed by atoms with Gasteiger partial charge in [-0.15, -0.1) is 21.5 Å². The molecule has 0 unspecified atom stereocenters. The molecule has 3 heterocycles. The molecule has 0 radical (unpaired) electrons. The summed E-state index contributed by atoms with van der Waals surface area (Å²) in [5, 5.41) is 14.9. The molecule has 0 atom stereocenters. The van der Waals surface area contributed by atoms with E-state index in [1.165, 1.54) is 22.7 Å². The number of nitrogens with one attached hydrogen (secondary N) is 1. The maximum atomic E-state index is 12.1. The van der Waals surface area contributed by atoms with E-state index in [1.807, 2.05) is 24.4 Å². The minimum atomic E-state index is 0.0453. The molecule has 2 aromatic heterocycles. The van der Waals surface area contributed by atoms with E-state index >= 15 is 0 Å². The van der Waals surface area contributed by atoms with Crippen molar-refractivity contribution < 1.29 is 9.53 Å². The first-order chi connectivity index (χ1) is 11.2. The highest BCUT2D eigenvalue weighted by molar-refractivity contribution is 7.13. The van der Waals surface area contributed by atoms with Crippen LogP contribution in [-0.2, 0) is 6.54 Å². The number of amides is 1. The molecule has 1 fully saturated rings. The number of carbonyl (C=O) groups is 1. The van der Waals surface area contributed by atoms with Crippen LogP contribution >= 0.6 is 22.7 Å². The molecule has 0 bridgehead atoms. The van der Waals surface area contributed by atoms with Crippen molar-refractivity contribution in [1.29, 1.82) is 0 Å². The zero-order valence-electron chi connectivity index (χ0n) is 13.0. The quantitative estimate of drug-likeness (QED) is 0.865. The highest BCUT2D eigenvalue weighted by atomic mass is 32.1. The molecule has 0 spiro atoms. The van der Waals surface area contributed by atoms with Gasteiger partial charge in [-0.1, -0.05) is 17.4 Å². The number of aromatic nitrogens is 2. The van der Waals surface area contributed by atoms with Gasteiger partial charge in [-0.2, -0.15) is 0 Å². The van der Waals surface area contributed by atoms with Gasteiger partial charge >= 0.3 is 0 Å². The lowest BCUT2D eigenvalue weighted by molar-refractivity contribution is 0.0913. The van der Waals surface area contributed by atoms with Crippen molar-refractivity contribution in [2.45, 2.75) is 32.4 Å². The highest BCUT2D eigenvalue weighted by Crippen LogP contribution is 2.21. The van der Waals surface area contributed by atoms with Crippen molar-refractivity contribution in [1.82, 2.24) is 20.4 Å². The largest absolute Gasteiger partial charge is 0.469 e. The summed E-state index contributed by atoms with van der Waals surface area (Å²) in [5.41, 5.74) is 0. The molecule has 1 aliphatic heterocycles. The standard InChI is InChI=1S/C15H20N4O2S2/c1-2-21-15-18-17-13(23-15)10-19-7-5-11(6-8-19)16-14(20)12-4-3-9-22-12/h3-4,9,11H,2,5-8,10H2,1H3,(H,16,20). The summed E-state index contributed by atoms with van der Waals surface area (Å²) in [7, 11) is 0. The fraction of sp³-hybridized carbons (Fsp3) is 0.533. The maximum Gasteiger partial charge on any atom is 0.294 e. The third-order valence-electron chi connectivity index (χ3n) is 3.74. The smallest absolute Gasteiger partial charge is 0.294 e. The van der Waals surface area contributed by atoms with Crippen molar-refractivity contribution in [3.63, 3.8) is 0 Å². The average Bonchev–Trinajstić information content (AvgIpc) is 3.22. The summed E-state index contributed by atoms with van der Waals surface area (Å²) in [6.45, 7) is 5.27. The Morgan fingerprint density at radius 3 is 2.96 bits per heavy atom. The Bertz CT molecular complexity index is 621. The number of hydrogen-bond donors (Lipinski definition) is 1. The Balaban J connectivity index is 1.43. The zero-order chi connectivity index (χ0) is 16.1. The van der Waals surface area contributed by atoms with Crippen LogP contribution in [-0.4, -0.2) is 46.7 Å². The predicted molar refractivity (Wildman–Crippen MR) is 91.2 cm³/mol. The molecule has 0 saturated carbocycles. The van der Waals surface area contributed by atoms with Crippen molar-refractivity contribution >= 4 is 28.6 Å². The van der Waals surface area contributed by atoms with Crippen LogP contribution in [0, 0.1) is 0 Å². The molecule has 6 nitrogen and oxygen atoms in total. The molecular weight excluding hydrogens is 332 g/mol. The fourth-order valence-electron chi connectivity index (χ4n) is 2.57. The third-order valence-corrected chi connectivity index (χ3v) is 5.43. The number of hydrogen-bond acceptors (Lipinski definition) is 7. The molecule has 1 amide bonds. The topological polar surface area (TPSA) is 67.4 Å². The Morgan fingerprint density at radius 1 is 1.43 bits per heavy atom. The predicted octanol–water partition coefficient (Wildman–Crippen LogP) is 2.39.